The van der Waals surface area contributed by atoms with E-state index in [1.807, 2.05) is 0 Å². The van der Waals surface area contributed by atoms with Crippen LogP contribution in [-0.2, 0) is 4.74 Å². The van der Waals surface area contributed by atoms with Crippen LogP contribution in [0.1, 0.15) is 20.7 Å². The molecule has 0 aliphatic rings. The molecular weight excluding hydrogens is 445 g/mol. The maximum atomic E-state index is 13.0. The number of nitrogens with one attached hydrogen (secondary N) is 3. The molecule has 0 fully saturated rings. The Bertz CT molecular complexity index is 1140. The van der Waals surface area contributed by atoms with E-state index in [1.165, 1.54) is 24.3 Å². The minimum absolute atomic E-state index is 0.0581. The van der Waals surface area contributed by atoms with Crippen LogP contribution in [0.25, 0.3) is 0 Å². The summed E-state index contributed by atoms with van der Waals surface area (Å²) in [6.45, 7) is 0.692. The first-order valence-electron chi connectivity index (χ1n) is 9.96. The smallest absolute Gasteiger partial charge is 0.261 e. The van der Waals surface area contributed by atoms with Crippen molar-refractivity contribution in [2.45, 2.75) is 0 Å². The molecule has 0 aliphatic heterocycles. The average Bonchev–Trinajstić information content (AvgIpc) is 2.81. The van der Waals surface area contributed by atoms with Gasteiger partial charge in [0.2, 0.25) is 0 Å². The molecule has 9 heteroatoms. The van der Waals surface area contributed by atoms with E-state index in [-0.39, 0.29) is 16.8 Å². The number of anilines is 2. The summed E-state index contributed by atoms with van der Waals surface area (Å²) in [6, 6.07) is 18.8. The predicted molar refractivity (Wildman–Crippen MR) is 128 cm³/mol. The molecule has 0 aliphatic carbocycles. The Morgan fingerprint density at radius 3 is 2.39 bits per heavy atom. The van der Waals surface area contributed by atoms with E-state index in [0.717, 1.165) is 0 Å². The Balaban J connectivity index is 1.61. The molecule has 3 N–H and O–H groups in total. The Hall–Kier alpha value is -3.82. The molecule has 3 rings (SSSR count). The fourth-order valence-electron chi connectivity index (χ4n) is 2.82. The number of hydrogen-bond acceptors (Lipinski definition) is 5. The molecule has 0 radical (unpaired) electrons. The van der Waals surface area contributed by atoms with Crippen molar-refractivity contribution in [3.8, 4) is 5.75 Å². The second-order valence-corrected chi connectivity index (χ2v) is 7.20. The third kappa shape index (κ3) is 7.09. The van der Waals surface area contributed by atoms with Crippen LogP contribution in [0.15, 0.2) is 72.8 Å². The Morgan fingerprint density at radius 1 is 0.879 bits per heavy atom. The molecule has 0 saturated carbocycles. The number of thiocarbonyl (C=S) groups is 1. The molecule has 0 saturated heterocycles. The second kappa shape index (κ2) is 11.7. The molecule has 3 aromatic rings. The zero-order valence-corrected chi connectivity index (χ0v) is 18.6. The van der Waals surface area contributed by atoms with Crippen molar-refractivity contribution in [1.82, 2.24) is 5.32 Å². The molecule has 0 atom stereocenters. The van der Waals surface area contributed by atoms with Crippen molar-refractivity contribution in [2.75, 3.05) is 31.0 Å². The number of para-hydroxylation sites is 1. The summed E-state index contributed by atoms with van der Waals surface area (Å²) < 4.78 is 23.6. The summed E-state index contributed by atoms with van der Waals surface area (Å²) in [6.07, 6.45) is 0. The van der Waals surface area contributed by atoms with Gasteiger partial charge in [-0.25, -0.2) is 4.39 Å². The Kier molecular flexibility index (Phi) is 8.45. The number of carbonyl (C=O) groups excluding carboxylic acids is 2. The summed E-state index contributed by atoms with van der Waals surface area (Å²) in [5.41, 5.74) is 1.66. The molecule has 7 nitrogen and oxygen atoms in total. The fraction of sp³-hybridized carbons (Fsp3) is 0.125. The highest BCUT2D eigenvalue weighted by Gasteiger charge is 2.14. The van der Waals surface area contributed by atoms with Crippen molar-refractivity contribution in [2.24, 2.45) is 0 Å². The molecule has 0 unspecified atom stereocenters. The normalized spacial score (nSPS) is 10.2. The van der Waals surface area contributed by atoms with E-state index in [1.54, 1.807) is 55.6 Å². The number of hydrogen-bond donors (Lipinski definition) is 3. The van der Waals surface area contributed by atoms with E-state index in [4.69, 9.17) is 21.7 Å². The minimum atomic E-state index is -0.439. The maximum Gasteiger partial charge on any atom is 0.261 e. The third-order valence-corrected chi connectivity index (χ3v) is 4.59. The third-order valence-electron chi connectivity index (χ3n) is 4.39. The van der Waals surface area contributed by atoms with Crippen molar-refractivity contribution >= 4 is 40.5 Å². The molecule has 33 heavy (non-hydrogen) atoms. The first kappa shape index (κ1) is 23.8. The molecule has 0 aromatic heterocycles. The molecule has 2 amide bonds. The van der Waals surface area contributed by atoms with E-state index < -0.39 is 5.91 Å². The number of benzene rings is 3. The lowest BCUT2D eigenvalue weighted by atomic mass is 10.1. The quantitative estimate of drug-likeness (QED) is 0.339. The first-order valence-corrected chi connectivity index (χ1v) is 10.4. The topological polar surface area (TPSA) is 88.7 Å². The maximum absolute atomic E-state index is 13.0. The number of halogens is 1. The van der Waals surface area contributed by atoms with Gasteiger partial charge in [0.05, 0.1) is 12.2 Å². The number of methoxy groups -OCH3 is 1. The Labute approximate surface area is 195 Å². The van der Waals surface area contributed by atoms with Crippen LogP contribution in [-0.4, -0.2) is 37.3 Å². The Morgan fingerprint density at radius 2 is 1.64 bits per heavy atom. The van der Waals surface area contributed by atoms with Crippen LogP contribution in [0.3, 0.4) is 0 Å². The van der Waals surface area contributed by atoms with Gasteiger partial charge < -0.3 is 20.1 Å². The highest BCUT2D eigenvalue weighted by Crippen LogP contribution is 2.18. The van der Waals surface area contributed by atoms with Gasteiger partial charge in [0.25, 0.3) is 11.8 Å². The lowest BCUT2D eigenvalue weighted by Gasteiger charge is -2.13. The van der Waals surface area contributed by atoms with Crippen molar-refractivity contribution < 1.29 is 23.5 Å². The second-order valence-electron chi connectivity index (χ2n) is 6.79. The monoisotopic (exact) mass is 467 g/mol. The lowest BCUT2D eigenvalue weighted by Crippen LogP contribution is -2.34. The standard InChI is InChI=1S/C24H22FN3O4S/c1-31-13-14-32-21-8-3-2-7-20(21)23(30)28-24(33)27-19-6-4-5-16(15-19)22(29)26-18-11-9-17(25)10-12-18/h2-12,15H,13-14H2,1H3,(H,26,29)(H2,27,28,30,33). The van der Waals surface area contributed by atoms with Crippen molar-refractivity contribution in [1.29, 1.82) is 0 Å². The summed E-state index contributed by atoms with van der Waals surface area (Å²) in [5, 5.41) is 8.24. The van der Waals surface area contributed by atoms with Crippen LogP contribution >= 0.6 is 12.2 Å². The van der Waals surface area contributed by atoms with Crippen LogP contribution in [0.4, 0.5) is 15.8 Å². The minimum Gasteiger partial charge on any atom is -0.490 e. The summed E-state index contributed by atoms with van der Waals surface area (Å²) >= 11 is 5.25. The van der Waals surface area contributed by atoms with Crippen LogP contribution in [0.5, 0.6) is 5.75 Å². The zero-order chi connectivity index (χ0) is 23.6. The van der Waals surface area contributed by atoms with Gasteiger partial charge in [0, 0.05) is 24.0 Å². The van der Waals surface area contributed by atoms with Gasteiger partial charge in [0.1, 0.15) is 18.2 Å². The molecule has 3 aromatic carbocycles. The molecule has 0 bridgehead atoms. The van der Waals surface area contributed by atoms with Gasteiger partial charge in [-0.2, -0.15) is 0 Å². The van der Waals surface area contributed by atoms with Gasteiger partial charge >= 0.3 is 0 Å². The van der Waals surface area contributed by atoms with E-state index >= 15 is 0 Å². The number of amides is 2. The van der Waals surface area contributed by atoms with Gasteiger partial charge in [-0.1, -0.05) is 18.2 Å². The SMILES string of the molecule is COCCOc1ccccc1C(=O)NC(=S)Nc1cccc(C(=O)Nc2ccc(F)cc2)c1. The average molecular weight is 468 g/mol. The van der Waals surface area contributed by atoms with Gasteiger partial charge in [-0.05, 0) is 66.8 Å². The number of rotatable bonds is 8. The highest BCUT2D eigenvalue weighted by atomic mass is 32.1. The number of carbonyl (C=O) groups is 2. The van der Waals surface area contributed by atoms with Crippen molar-refractivity contribution in [3.63, 3.8) is 0 Å². The summed E-state index contributed by atoms with van der Waals surface area (Å²) in [5.74, 6) is -0.790. The largest absolute Gasteiger partial charge is 0.490 e. The molecule has 0 heterocycles. The molecule has 0 spiro atoms. The van der Waals surface area contributed by atoms with E-state index in [9.17, 15) is 14.0 Å². The highest BCUT2D eigenvalue weighted by molar-refractivity contribution is 7.80. The van der Waals surface area contributed by atoms with E-state index in [2.05, 4.69) is 16.0 Å². The predicted octanol–water partition coefficient (Wildman–Crippen LogP) is 4.23. The number of ether oxygens (including phenoxy) is 2. The fourth-order valence-corrected chi connectivity index (χ4v) is 3.03. The summed E-state index contributed by atoms with van der Waals surface area (Å²) in [4.78, 5) is 25.1. The zero-order valence-electron chi connectivity index (χ0n) is 17.8. The van der Waals surface area contributed by atoms with Gasteiger partial charge in [-0.15, -0.1) is 0 Å². The summed E-state index contributed by atoms with van der Waals surface area (Å²) in [7, 11) is 1.56. The van der Waals surface area contributed by atoms with Gasteiger partial charge in [0.15, 0.2) is 5.11 Å². The van der Waals surface area contributed by atoms with E-state index in [0.29, 0.717) is 41.5 Å². The first-order chi connectivity index (χ1) is 16.0. The van der Waals surface area contributed by atoms with Crippen LogP contribution in [0.2, 0.25) is 0 Å². The molecular formula is C24H22FN3O4S. The van der Waals surface area contributed by atoms with Gasteiger partial charge in [-0.3, -0.25) is 14.9 Å². The van der Waals surface area contributed by atoms with Crippen molar-refractivity contribution in [3.05, 3.63) is 89.7 Å². The molecule has 170 valence electrons. The van der Waals surface area contributed by atoms with Crippen LogP contribution in [0, 0.1) is 5.82 Å². The lowest BCUT2D eigenvalue weighted by molar-refractivity contribution is 0.0968. The van der Waals surface area contributed by atoms with Crippen LogP contribution < -0.4 is 20.7 Å².